The fraction of sp³-hybridized carbons (Fsp3) is 0.538. The minimum absolute atomic E-state index is 0.693. The second kappa shape index (κ2) is 5.88. The molecule has 0 atom stereocenters. The summed E-state index contributed by atoms with van der Waals surface area (Å²) in [5.74, 6) is 1.05. The van der Waals surface area contributed by atoms with Crippen LogP contribution in [0.3, 0.4) is 0 Å². The third-order valence-electron chi connectivity index (χ3n) is 3.07. The lowest BCUT2D eigenvalue weighted by Gasteiger charge is -2.23. The van der Waals surface area contributed by atoms with Gasteiger partial charge in [0.1, 0.15) is 5.82 Å². The van der Waals surface area contributed by atoms with Crippen molar-refractivity contribution in [2.75, 3.05) is 31.7 Å². The Kier molecular flexibility index (Phi) is 4.42. The quantitative estimate of drug-likeness (QED) is 0.847. The highest BCUT2D eigenvalue weighted by Gasteiger charge is 2.15. The molecule has 0 saturated heterocycles. The normalized spacial score (nSPS) is 11.2. The van der Waals surface area contributed by atoms with E-state index in [2.05, 4.69) is 43.9 Å². The minimum Gasteiger partial charge on any atom is -0.383 e. The number of aromatic nitrogens is 3. The average molecular weight is 327 g/mol. The van der Waals surface area contributed by atoms with Crippen LogP contribution in [-0.2, 0) is 4.74 Å². The van der Waals surface area contributed by atoms with Gasteiger partial charge in [-0.25, -0.2) is 4.98 Å². The topological polar surface area (TPSA) is 42.7 Å². The second-order valence-electron chi connectivity index (χ2n) is 4.46. The van der Waals surface area contributed by atoms with Crippen LogP contribution < -0.4 is 4.90 Å². The molecule has 104 valence electrons. The molecular weight excluding hydrogens is 308 g/mol. The van der Waals surface area contributed by atoms with Crippen molar-refractivity contribution in [3.63, 3.8) is 0 Å². The van der Waals surface area contributed by atoms with Crippen molar-refractivity contribution in [1.29, 1.82) is 0 Å². The highest BCUT2D eigenvalue weighted by molar-refractivity contribution is 9.10. The van der Waals surface area contributed by atoms with Gasteiger partial charge in [-0.1, -0.05) is 0 Å². The standard InChI is InChI=1S/C13H19BrN4O/c1-5-17(6-7-19-4)11-8-9(2)15-13-12(14)10(3)16-18(11)13/h8H,5-7H2,1-4H3. The maximum Gasteiger partial charge on any atom is 0.172 e. The van der Waals surface area contributed by atoms with Gasteiger partial charge in [-0.3, -0.25) is 0 Å². The van der Waals surface area contributed by atoms with Gasteiger partial charge >= 0.3 is 0 Å². The van der Waals surface area contributed by atoms with Gasteiger partial charge in [0.2, 0.25) is 0 Å². The molecule has 2 aromatic heterocycles. The van der Waals surface area contributed by atoms with Gasteiger partial charge in [-0.05, 0) is 36.7 Å². The van der Waals surface area contributed by atoms with Gasteiger partial charge in [-0.2, -0.15) is 9.61 Å². The minimum atomic E-state index is 0.693. The fourth-order valence-corrected chi connectivity index (χ4v) is 2.40. The van der Waals surface area contributed by atoms with E-state index >= 15 is 0 Å². The van der Waals surface area contributed by atoms with Crippen LogP contribution in [0.1, 0.15) is 18.3 Å². The van der Waals surface area contributed by atoms with Crippen LogP contribution in [0.4, 0.5) is 5.82 Å². The molecule has 0 amide bonds. The molecule has 2 heterocycles. The molecule has 2 rings (SSSR count). The highest BCUT2D eigenvalue weighted by atomic mass is 79.9. The smallest absolute Gasteiger partial charge is 0.172 e. The first-order valence-electron chi connectivity index (χ1n) is 6.34. The van der Waals surface area contributed by atoms with Crippen molar-refractivity contribution in [1.82, 2.24) is 14.6 Å². The molecule has 5 nitrogen and oxygen atoms in total. The van der Waals surface area contributed by atoms with Gasteiger partial charge in [0.25, 0.3) is 0 Å². The molecule has 0 aliphatic carbocycles. The Morgan fingerprint density at radius 1 is 1.42 bits per heavy atom. The zero-order chi connectivity index (χ0) is 14.0. The van der Waals surface area contributed by atoms with Gasteiger partial charge in [-0.15, -0.1) is 0 Å². The Bertz CT molecular complexity index is 582. The molecule has 2 aromatic rings. The second-order valence-corrected chi connectivity index (χ2v) is 5.26. The molecule has 0 spiro atoms. The number of hydrogen-bond donors (Lipinski definition) is 0. The van der Waals surface area contributed by atoms with Crippen LogP contribution in [0, 0.1) is 13.8 Å². The predicted molar refractivity (Wildman–Crippen MR) is 79.9 cm³/mol. The third-order valence-corrected chi connectivity index (χ3v) is 4.00. The van der Waals surface area contributed by atoms with Crippen LogP contribution in [-0.4, -0.2) is 41.4 Å². The molecule has 0 fully saturated rings. The Balaban J connectivity index is 2.54. The number of likely N-dealkylation sites (N-methyl/N-ethyl adjacent to an activating group) is 1. The van der Waals surface area contributed by atoms with Gasteiger partial charge in [0.15, 0.2) is 5.65 Å². The Labute approximate surface area is 121 Å². The number of nitrogens with zero attached hydrogens (tertiary/aromatic N) is 4. The third kappa shape index (κ3) is 2.74. The van der Waals surface area contributed by atoms with E-state index in [0.29, 0.717) is 6.61 Å². The summed E-state index contributed by atoms with van der Waals surface area (Å²) in [6.45, 7) is 8.53. The monoisotopic (exact) mass is 326 g/mol. The Morgan fingerprint density at radius 2 is 2.16 bits per heavy atom. The number of methoxy groups -OCH3 is 1. The zero-order valence-electron chi connectivity index (χ0n) is 11.8. The zero-order valence-corrected chi connectivity index (χ0v) is 13.4. The molecule has 0 unspecified atom stereocenters. The summed E-state index contributed by atoms with van der Waals surface area (Å²) in [4.78, 5) is 6.79. The average Bonchev–Trinajstić information content (AvgIpc) is 2.67. The summed E-state index contributed by atoms with van der Waals surface area (Å²) in [5, 5.41) is 4.56. The summed E-state index contributed by atoms with van der Waals surface area (Å²) < 4.78 is 8.02. The summed E-state index contributed by atoms with van der Waals surface area (Å²) in [5.41, 5.74) is 2.80. The van der Waals surface area contributed by atoms with Crippen molar-refractivity contribution >= 4 is 27.4 Å². The molecular formula is C13H19BrN4O. The molecule has 6 heteroatoms. The fourth-order valence-electron chi connectivity index (χ4n) is 2.06. The summed E-state index contributed by atoms with van der Waals surface area (Å²) in [6, 6.07) is 2.06. The highest BCUT2D eigenvalue weighted by Crippen LogP contribution is 2.25. The first-order chi connectivity index (χ1) is 9.08. The molecule has 19 heavy (non-hydrogen) atoms. The lowest BCUT2D eigenvalue weighted by Crippen LogP contribution is -2.29. The first kappa shape index (κ1) is 14.3. The van der Waals surface area contributed by atoms with E-state index in [1.807, 2.05) is 18.4 Å². The molecule has 0 radical (unpaired) electrons. The van der Waals surface area contributed by atoms with E-state index in [1.54, 1.807) is 7.11 Å². The van der Waals surface area contributed by atoms with E-state index in [4.69, 9.17) is 4.74 Å². The number of anilines is 1. The maximum atomic E-state index is 5.17. The molecule has 0 bridgehead atoms. The lowest BCUT2D eigenvalue weighted by atomic mass is 10.3. The van der Waals surface area contributed by atoms with Crippen molar-refractivity contribution in [3.8, 4) is 0 Å². The largest absolute Gasteiger partial charge is 0.383 e. The Morgan fingerprint density at radius 3 is 2.79 bits per heavy atom. The number of fused-ring (bicyclic) bond motifs is 1. The van der Waals surface area contributed by atoms with Crippen LogP contribution in [0.15, 0.2) is 10.5 Å². The lowest BCUT2D eigenvalue weighted by molar-refractivity contribution is 0.205. The molecule has 0 aromatic carbocycles. The first-order valence-corrected chi connectivity index (χ1v) is 7.14. The van der Waals surface area contributed by atoms with Crippen LogP contribution in [0.2, 0.25) is 0 Å². The number of halogens is 1. The van der Waals surface area contributed by atoms with E-state index in [9.17, 15) is 0 Å². The van der Waals surface area contributed by atoms with Gasteiger partial charge < -0.3 is 9.64 Å². The van der Waals surface area contributed by atoms with Gasteiger partial charge in [0, 0.05) is 32.0 Å². The van der Waals surface area contributed by atoms with E-state index in [0.717, 1.165) is 40.4 Å². The van der Waals surface area contributed by atoms with Gasteiger partial charge in [0.05, 0.1) is 16.8 Å². The molecule has 0 aliphatic rings. The predicted octanol–water partition coefficient (Wildman–Crippen LogP) is 2.58. The van der Waals surface area contributed by atoms with E-state index in [-0.39, 0.29) is 0 Å². The van der Waals surface area contributed by atoms with Crippen molar-refractivity contribution < 1.29 is 4.74 Å². The summed E-state index contributed by atoms with van der Waals surface area (Å²) >= 11 is 3.55. The maximum absolute atomic E-state index is 5.17. The molecule has 0 N–H and O–H groups in total. The molecule has 0 aliphatic heterocycles. The van der Waals surface area contributed by atoms with E-state index < -0.39 is 0 Å². The molecule has 0 saturated carbocycles. The van der Waals surface area contributed by atoms with Crippen LogP contribution in [0.5, 0.6) is 0 Å². The number of ether oxygens (including phenoxy) is 1. The van der Waals surface area contributed by atoms with Crippen molar-refractivity contribution in [3.05, 3.63) is 21.9 Å². The number of aryl methyl sites for hydroxylation is 2. The SMILES string of the molecule is CCN(CCOC)c1cc(C)nc2c(Br)c(C)nn12. The number of rotatable bonds is 5. The van der Waals surface area contributed by atoms with Crippen LogP contribution in [0.25, 0.3) is 5.65 Å². The van der Waals surface area contributed by atoms with Crippen LogP contribution >= 0.6 is 15.9 Å². The Hall–Kier alpha value is -1.14. The number of hydrogen-bond acceptors (Lipinski definition) is 4. The van der Waals surface area contributed by atoms with Crippen molar-refractivity contribution in [2.24, 2.45) is 0 Å². The summed E-state index contributed by atoms with van der Waals surface area (Å²) in [7, 11) is 1.72. The summed E-state index contributed by atoms with van der Waals surface area (Å²) in [6.07, 6.45) is 0. The van der Waals surface area contributed by atoms with Crippen molar-refractivity contribution in [2.45, 2.75) is 20.8 Å². The van der Waals surface area contributed by atoms with E-state index in [1.165, 1.54) is 0 Å².